The van der Waals surface area contributed by atoms with E-state index in [1.165, 1.54) is 19.2 Å². The lowest BCUT2D eigenvalue weighted by Crippen LogP contribution is -2.16. The summed E-state index contributed by atoms with van der Waals surface area (Å²) in [7, 11) is 1.23. The minimum atomic E-state index is -4.74. The molecule has 2 N–H and O–H groups in total. The summed E-state index contributed by atoms with van der Waals surface area (Å²) >= 11 is 1.15. The molecule has 112 valence electrons. The summed E-state index contributed by atoms with van der Waals surface area (Å²) in [4.78, 5) is 11.7. The molecular weight excluding hydrogens is 307 g/mol. The van der Waals surface area contributed by atoms with Gasteiger partial charge in [-0.3, -0.25) is 0 Å². The largest absolute Gasteiger partial charge is 0.573 e. The molecule has 1 aromatic carbocycles. The first-order valence-electron chi connectivity index (χ1n) is 5.63. The van der Waals surface area contributed by atoms with E-state index in [9.17, 15) is 18.0 Å². The predicted molar refractivity (Wildman–Crippen MR) is 72.2 cm³/mol. The standard InChI is InChI=1S/C13H10F3NO3S/c1-19-12(18)10-9(6-21-11(10)17)7-2-4-8(5-3-7)20-13(14,15)16/h2-6H,17H2,1H3. The minimum absolute atomic E-state index is 0.201. The van der Waals surface area contributed by atoms with Crippen molar-refractivity contribution in [1.82, 2.24) is 0 Å². The number of nitrogens with two attached hydrogens (primary N) is 1. The van der Waals surface area contributed by atoms with E-state index in [2.05, 4.69) is 9.47 Å². The van der Waals surface area contributed by atoms with Crippen LogP contribution in [0.2, 0.25) is 0 Å². The lowest BCUT2D eigenvalue weighted by Gasteiger charge is -2.09. The van der Waals surface area contributed by atoms with E-state index in [1.807, 2.05) is 0 Å². The second kappa shape index (κ2) is 5.65. The van der Waals surface area contributed by atoms with Crippen LogP contribution >= 0.6 is 11.3 Å². The van der Waals surface area contributed by atoms with Crippen LogP contribution in [-0.4, -0.2) is 19.4 Å². The summed E-state index contributed by atoms with van der Waals surface area (Å²) in [6, 6.07) is 5.15. The Balaban J connectivity index is 2.34. The Morgan fingerprint density at radius 1 is 1.24 bits per heavy atom. The summed E-state index contributed by atoms with van der Waals surface area (Å²) in [5.41, 5.74) is 6.96. The van der Waals surface area contributed by atoms with E-state index in [1.54, 1.807) is 5.38 Å². The van der Waals surface area contributed by atoms with Gasteiger partial charge in [-0.1, -0.05) is 12.1 Å². The molecule has 0 saturated heterocycles. The maximum absolute atomic E-state index is 12.1. The maximum atomic E-state index is 12.1. The normalized spacial score (nSPS) is 11.2. The van der Waals surface area contributed by atoms with Gasteiger partial charge in [0.05, 0.1) is 7.11 Å². The van der Waals surface area contributed by atoms with Gasteiger partial charge in [-0.2, -0.15) is 0 Å². The summed E-state index contributed by atoms with van der Waals surface area (Å²) in [5, 5.41) is 1.92. The van der Waals surface area contributed by atoms with Crippen LogP contribution in [0.3, 0.4) is 0 Å². The second-order valence-electron chi connectivity index (χ2n) is 3.95. The molecule has 0 bridgehead atoms. The number of benzene rings is 1. The van der Waals surface area contributed by atoms with Crippen LogP contribution in [0.1, 0.15) is 10.4 Å². The van der Waals surface area contributed by atoms with Gasteiger partial charge in [-0.15, -0.1) is 24.5 Å². The van der Waals surface area contributed by atoms with Gasteiger partial charge >= 0.3 is 12.3 Å². The monoisotopic (exact) mass is 317 g/mol. The number of thiophene rings is 1. The molecule has 0 saturated carbocycles. The molecule has 0 amide bonds. The number of carbonyl (C=O) groups excluding carboxylic acids is 1. The molecule has 0 aliphatic rings. The number of ether oxygens (including phenoxy) is 2. The Labute approximate surface area is 121 Å². The zero-order valence-corrected chi connectivity index (χ0v) is 11.5. The van der Waals surface area contributed by atoms with Gasteiger partial charge < -0.3 is 15.2 Å². The van der Waals surface area contributed by atoms with Gasteiger partial charge in [0.2, 0.25) is 0 Å². The van der Waals surface area contributed by atoms with Crippen molar-refractivity contribution in [3.63, 3.8) is 0 Å². The van der Waals surface area contributed by atoms with Crippen LogP contribution in [0.4, 0.5) is 18.2 Å². The van der Waals surface area contributed by atoms with E-state index < -0.39 is 12.3 Å². The van der Waals surface area contributed by atoms with Gasteiger partial charge in [0.1, 0.15) is 16.3 Å². The number of hydrogen-bond donors (Lipinski definition) is 1. The third-order valence-electron chi connectivity index (χ3n) is 2.61. The lowest BCUT2D eigenvalue weighted by atomic mass is 10.0. The summed E-state index contributed by atoms with van der Waals surface area (Å²) in [6.07, 6.45) is -4.74. The van der Waals surface area contributed by atoms with Crippen LogP contribution < -0.4 is 10.5 Å². The first kappa shape index (κ1) is 15.2. The predicted octanol–water partition coefficient (Wildman–Crippen LogP) is 3.68. The van der Waals surface area contributed by atoms with Crippen molar-refractivity contribution in [3.8, 4) is 16.9 Å². The first-order chi connectivity index (χ1) is 9.81. The van der Waals surface area contributed by atoms with Crippen molar-refractivity contribution in [2.24, 2.45) is 0 Å². The molecular formula is C13H10F3NO3S. The highest BCUT2D eigenvalue weighted by atomic mass is 32.1. The number of nitrogen functional groups attached to an aromatic ring is 1. The van der Waals surface area contributed by atoms with Crippen LogP contribution in [0.25, 0.3) is 11.1 Å². The van der Waals surface area contributed by atoms with Gasteiger partial charge in [0.25, 0.3) is 0 Å². The quantitative estimate of drug-likeness (QED) is 0.877. The van der Waals surface area contributed by atoms with E-state index in [0.29, 0.717) is 11.1 Å². The van der Waals surface area contributed by atoms with Crippen LogP contribution in [0, 0.1) is 0 Å². The van der Waals surface area contributed by atoms with Crippen LogP contribution in [-0.2, 0) is 4.74 Å². The molecule has 21 heavy (non-hydrogen) atoms. The number of rotatable bonds is 3. The van der Waals surface area contributed by atoms with Crippen LogP contribution in [0.15, 0.2) is 29.6 Å². The fraction of sp³-hybridized carbons (Fsp3) is 0.154. The van der Waals surface area contributed by atoms with Crippen molar-refractivity contribution in [2.45, 2.75) is 6.36 Å². The van der Waals surface area contributed by atoms with Crippen molar-refractivity contribution in [3.05, 3.63) is 35.2 Å². The highest BCUT2D eigenvalue weighted by Gasteiger charge is 2.31. The molecule has 0 aliphatic heterocycles. The van der Waals surface area contributed by atoms with Gasteiger partial charge in [-0.25, -0.2) is 4.79 Å². The van der Waals surface area contributed by atoms with E-state index in [-0.39, 0.29) is 16.3 Å². The smallest absolute Gasteiger partial charge is 0.465 e. The third-order valence-corrected chi connectivity index (χ3v) is 3.42. The molecule has 2 rings (SSSR count). The Hall–Kier alpha value is -2.22. The minimum Gasteiger partial charge on any atom is -0.465 e. The van der Waals surface area contributed by atoms with E-state index in [0.717, 1.165) is 23.5 Å². The molecule has 2 aromatic rings. The highest BCUT2D eigenvalue weighted by Crippen LogP contribution is 2.35. The molecule has 1 heterocycles. The number of esters is 1. The van der Waals surface area contributed by atoms with Crippen molar-refractivity contribution in [2.75, 3.05) is 12.8 Å². The van der Waals surface area contributed by atoms with E-state index in [4.69, 9.17) is 5.73 Å². The van der Waals surface area contributed by atoms with Crippen LogP contribution in [0.5, 0.6) is 5.75 Å². The molecule has 1 aromatic heterocycles. The number of methoxy groups -OCH3 is 1. The molecule has 0 unspecified atom stereocenters. The number of hydrogen-bond acceptors (Lipinski definition) is 5. The molecule has 4 nitrogen and oxygen atoms in total. The van der Waals surface area contributed by atoms with E-state index >= 15 is 0 Å². The molecule has 0 atom stereocenters. The van der Waals surface area contributed by atoms with Crippen molar-refractivity contribution < 1.29 is 27.4 Å². The lowest BCUT2D eigenvalue weighted by molar-refractivity contribution is -0.274. The summed E-state index contributed by atoms with van der Waals surface area (Å²) in [5.74, 6) is -0.937. The number of alkyl halides is 3. The average molecular weight is 317 g/mol. The molecule has 8 heteroatoms. The number of anilines is 1. The number of carbonyl (C=O) groups is 1. The fourth-order valence-corrected chi connectivity index (χ4v) is 2.54. The average Bonchev–Trinajstić information content (AvgIpc) is 2.79. The van der Waals surface area contributed by atoms with Crippen molar-refractivity contribution in [1.29, 1.82) is 0 Å². The molecule has 0 aliphatic carbocycles. The first-order valence-corrected chi connectivity index (χ1v) is 6.51. The second-order valence-corrected chi connectivity index (χ2v) is 4.86. The van der Waals surface area contributed by atoms with Gasteiger partial charge in [0, 0.05) is 10.9 Å². The van der Waals surface area contributed by atoms with Gasteiger partial charge in [0.15, 0.2) is 0 Å². The third kappa shape index (κ3) is 3.46. The Kier molecular flexibility index (Phi) is 4.08. The summed E-state index contributed by atoms with van der Waals surface area (Å²) in [6.45, 7) is 0. The Bertz CT molecular complexity index is 650. The van der Waals surface area contributed by atoms with Crippen molar-refractivity contribution >= 4 is 22.3 Å². The Morgan fingerprint density at radius 2 is 1.86 bits per heavy atom. The maximum Gasteiger partial charge on any atom is 0.573 e. The SMILES string of the molecule is COC(=O)c1c(-c2ccc(OC(F)(F)F)cc2)csc1N. The Morgan fingerprint density at radius 3 is 2.38 bits per heavy atom. The summed E-state index contributed by atoms with van der Waals surface area (Å²) < 4.78 is 44.7. The highest BCUT2D eigenvalue weighted by molar-refractivity contribution is 7.14. The van der Waals surface area contributed by atoms with Gasteiger partial charge in [-0.05, 0) is 17.7 Å². The molecule has 0 radical (unpaired) electrons. The topological polar surface area (TPSA) is 61.5 Å². The zero-order chi connectivity index (χ0) is 15.6. The zero-order valence-electron chi connectivity index (χ0n) is 10.7. The molecule has 0 fully saturated rings. The number of halogens is 3. The molecule has 0 spiro atoms. The fourth-order valence-electron chi connectivity index (χ4n) is 1.73.